The monoisotopic (exact) mass is 292 g/mol. The van der Waals surface area contributed by atoms with E-state index >= 15 is 0 Å². The number of hydrogen-bond donors (Lipinski definition) is 0. The second-order valence-electron chi connectivity index (χ2n) is 7.72. The van der Waals surface area contributed by atoms with Crippen LogP contribution >= 0.6 is 0 Å². The summed E-state index contributed by atoms with van der Waals surface area (Å²) in [7, 11) is 0. The lowest BCUT2D eigenvalue weighted by molar-refractivity contribution is -0.132. The standard InChI is InChI=1S/C17H28N2O2/c1-12-7-14(12)17(20)19-9-15-13(11-21-16(15)10-19)8-18-5-3-2-4-6-18/h12-16H,2-11H2,1H3/t12?,13-,14?,15-,16-/m1/s1. The van der Waals surface area contributed by atoms with Gasteiger partial charge in [-0.05, 0) is 38.3 Å². The van der Waals surface area contributed by atoms with Crippen LogP contribution in [0.2, 0.25) is 0 Å². The minimum Gasteiger partial charge on any atom is -0.376 e. The summed E-state index contributed by atoms with van der Waals surface area (Å²) >= 11 is 0. The van der Waals surface area contributed by atoms with Crippen molar-refractivity contribution in [3.05, 3.63) is 0 Å². The molecular weight excluding hydrogens is 264 g/mol. The van der Waals surface area contributed by atoms with E-state index in [0.717, 1.165) is 26.1 Å². The number of hydrogen-bond acceptors (Lipinski definition) is 3. The Morgan fingerprint density at radius 3 is 2.67 bits per heavy atom. The molecule has 4 nitrogen and oxygen atoms in total. The van der Waals surface area contributed by atoms with E-state index in [9.17, 15) is 4.79 Å². The molecule has 0 spiro atoms. The van der Waals surface area contributed by atoms with E-state index in [0.29, 0.717) is 35.7 Å². The van der Waals surface area contributed by atoms with Gasteiger partial charge in [0.25, 0.3) is 0 Å². The first-order valence-electron chi connectivity index (χ1n) is 8.85. The Bertz CT molecular complexity index is 408. The van der Waals surface area contributed by atoms with Crippen LogP contribution in [0.5, 0.6) is 0 Å². The first-order chi connectivity index (χ1) is 10.2. The third-order valence-corrected chi connectivity index (χ3v) is 6.12. The van der Waals surface area contributed by atoms with Crippen LogP contribution in [0.15, 0.2) is 0 Å². The van der Waals surface area contributed by atoms with Gasteiger partial charge in [0.15, 0.2) is 0 Å². The van der Waals surface area contributed by atoms with Crippen molar-refractivity contribution in [3.8, 4) is 0 Å². The first-order valence-corrected chi connectivity index (χ1v) is 8.85. The van der Waals surface area contributed by atoms with Crippen LogP contribution in [-0.4, -0.2) is 61.1 Å². The molecular formula is C17H28N2O2. The third-order valence-electron chi connectivity index (χ3n) is 6.12. The van der Waals surface area contributed by atoms with Gasteiger partial charge in [-0.2, -0.15) is 0 Å². The molecule has 3 aliphatic heterocycles. The summed E-state index contributed by atoms with van der Waals surface area (Å²) in [4.78, 5) is 17.1. The van der Waals surface area contributed by atoms with Crippen LogP contribution in [0, 0.1) is 23.7 Å². The highest BCUT2D eigenvalue weighted by atomic mass is 16.5. The molecule has 21 heavy (non-hydrogen) atoms. The van der Waals surface area contributed by atoms with Crippen molar-refractivity contribution in [2.24, 2.45) is 23.7 Å². The largest absolute Gasteiger partial charge is 0.376 e. The van der Waals surface area contributed by atoms with Crippen molar-refractivity contribution >= 4 is 5.91 Å². The molecule has 2 unspecified atom stereocenters. The molecule has 4 rings (SSSR count). The van der Waals surface area contributed by atoms with Crippen LogP contribution < -0.4 is 0 Å². The maximum Gasteiger partial charge on any atom is 0.226 e. The predicted molar refractivity (Wildman–Crippen MR) is 80.9 cm³/mol. The van der Waals surface area contributed by atoms with Crippen LogP contribution in [-0.2, 0) is 9.53 Å². The Labute approximate surface area is 127 Å². The smallest absolute Gasteiger partial charge is 0.226 e. The van der Waals surface area contributed by atoms with Gasteiger partial charge in [0.1, 0.15) is 0 Å². The summed E-state index contributed by atoms with van der Waals surface area (Å²) in [5.41, 5.74) is 0. The number of likely N-dealkylation sites (tertiary alicyclic amines) is 2. The molecule has 1 aliphatic carbocycles. The minimum atomic E-state index is 0.317. The number of carbonyl (C=O) groups is 1. The van der Waals surface area contributed by atoms with E-state index in [4.69, 9.17) is 4.74 Å². The lowest BCUT2D eigenvalue weighted by Gasteiger charge is -2.30. The molecule has 0 radical (unpaired) electrons. The zero-order chi connectivity index (χ0) is 14.4. The van der Waals surface area contributed by atoms with Gasteiger partial charge in [0.2, 0.25) is 5.91 Å². The average Bonchev–Trinajstić information content (AvgIpc) is 2.93. The Kier molecular flexibility index (Phi) is 3.70. The molecule has 4 aliphatic rings. The predicted octanol–water partition coefficient (Wildman–Crippen LogP) is 1.60. The highest BCUT2D eigenvalue weighted by molar-refractivity contribution is 5.82. The Hall–Kier alpha value is -0.610. The number of rotatable bonds is 3. The maximum atomic E-state index is 12.4. The SMILES string of the molecule is CC1CC1C(=O)N1C[C@@H]2[C@H](CN3CCCCC3)CO[C@@H]2C1. The van der Waals surface area contributed by atoms with Crippen molar-refractivity contribution < 1.29 is 9.53 Å². The topological polar surface area (TPSA) is 32.8 Å². The number of piperidine rings is 1. The normalized spacial score (nSPS) is 43.1. The van der Waals surface area contributed by atoms with E-state index in [1.54, 1.807) is 0 Å². The fourth-order valence-electron chi connectivity index (χ4n) is 4.54. The third kappa shape index (κ3) is 2.72. The maximum absolute atomic E-state index is 12.4. The van der Waals surface area contributed by atoms with Crippen molar-refractivity contribution in [2.45, 2.75) is 38.7 Å². The molecule has 1 saturated carbocycles. The second-order valence-corrected chi connectivity index (χ2v) is 7.72. The number of fused-ring (bicyclic) bond motifs is 1. The molecule has 3 heterocycles. The van der Waals surface area contributed by atoms with Crippen LogP contribution in [0.3, 0.4) is 0 Å². The Morgan fingerprint density at radius 1 is 1.19 bits per heavy atom. The fourth-order valence-corrected chi connectivity index (χ4v) is 4.54. The number of amides is 1. The number of carbonyl (C=O) groups excluding carboxylic acids is 1. The summed E-state index contributed by atoms with van der Waals surface area (Å²) in [5, 5.41) is 0. The zero-order valence-corrected chi connectivity index (χ0v) is 13.2. The molecule has 0 bridgehead atoms. The average molecular weight is 292 g/mol. The van der Waals surface area contributed by atoms with E-state index in [1.807, 2.05) is 0 Å². The number of nitrogens with zero attached hydrogens (tertiary/aromatic N) is 2. The molecule has 0 aromatic rings. The van der Waals surface area contributed by atoms with E-state index < -0.39 is 0 Å². The van der Waals surface area contributed by atoms with Crippen molar-refractivity contribution in [1.82, 2.24) is 9.80 Å². The molecule has 0 N–H and O–H groups in total. The minimum absolute atomic E-state index is 0.317. The molecule has 1 amide bonds. The molecule has 4 heteroatoms. The molecule has 3 saturated heterocycles. The quantitative estimate of drug-likeness (QED) is 0.792. The fraction of sp³-hybridized carbons (Fsp3) is 0.941. The Morgan fingerprint density at radius 2 is 1.95 bits per heavy atom. The molecule has 0 aromatic carbocycles. The van der Waals surface area contributed by atoms with Crippen molar-refractivity contribution in [1.29, 1.82) is 0 Å². The number of ether oxygens (including phenoxy) is 1. The Balaban J connectivity index is 1.33. The van der Waals surface area contributed by atoms with Gasteiger partial charge in [0.05, 0.1) is 12.7 Å². The van der Waals surface area contributed by atoms with E-state index in [-0.39, 0.29) is 0 Å². The highest BCUT2D eigenvalue weighted by Crippen LogP contribution is 2.42. The summed E-state index contributed by atoms with van der Waals surface area (Å²) < 4.78 is 6.02. The van der Waals surface area contributed by atoms with Gasteiger partial charge < -0.3 is 14.5 Å². The zero-order valence-electron chi connectivity index (χ0n) is 13.2. The summed E-state index contributed by atoms with van der Waals surface area (Å²) in [6, 6.07) is 0. The second kappa shape index (κ2) is 5.54. The molecule has 118 valence electrons. The van der Waals surface area contributed by atoms with E-state index in [2.05, 4.69) is 16.7 Å². The van der Waals surface area contributed by atoms with Gasteiger partial charge in [-0.25, -0.2) is 0 Å². The first kappa shape index (κ1) is 14.0. The molecule has 0 aromatic heterocycles. The van der Waals surface area contributed by atoms with Crippen LogP contribution in [0.4, 0.5) is 0 Å². The van der Waals surface area contributed by atoms with Gasteiger partial charge in [0, 0.05) is 37.4 Å². The summed E-state index contributed by atoms with van der Waals surface area (Å²) in [6.45, 7) is 8.60. The van der Waals surface area contributed by atoms with Crippen molar-refractivity contribution in [2.75, 3.05) is 39.3 Å². The lowest BCUT2D eigenvalue weighted by atomic mass is 9.92. The van der Waals surface area contributed by atoms with Gasteiger partial charge in [-0.3, -0.25) is 4.79 Å². The van der Waals surface area contributed by atoms with Gasteiger partial charge in [-0.1, -0.05) is 13.3 Å². The molecule has 4 fully saturated rings. The van der Waals surface area contributed by atoms with Crippen molar-refractivity contribution in [3.63, 3.8) is 0 Å². The van der Waals surface area contributed by atoms with Gasteiger partial charge >= 0.3 is 0 Å². The summed E-state index contributed by atoms with van der Waals surface area (Å²) in [5.74, 6) is 2.57. The van der Waals surface area contributed by atoms with E-state index in [1.165, 1.54) is 38.9 Å². The summed E-state index contributed by atoms with van der Waals surface area (Å²) in [6.07, 6.45) is 5.52. The molecule has 5 atom stereocenters. The van der Waals surface area contributed by atoms with Crippen LogP contribution in [0.1, 0.15) is 32.6 Å². The van der Waals surface area contributed by atoms with Crippen LogP contribution in [0.25, 0.3) is 0 Å². The van der Waals surface area contributed by atoms with Gasteiger partial charge in [-0.15, -0.1) is 0 Å². The lowest BCUT2D eigenvalue weighted by Crippen LogP contribution is -2.38. The highest BCUT2D eigenvalue weighted by Gasteiger charge is 2.49.